The first-order valence-electron chi connectivity index (χ1n) is 5.44. The SMILES string of the molecule is C=CCN(CCOC)C(=O)c1ccc(Br)cc1Br. The summed E-state index contributed by atoms with van der Waals surface area (Å²) in [7, 11) is 1.62. The average molecular weight is 377 g/mol. The molecular weight excluding hydrogens is 362 g/mol. The second kappa shape index (κ2) is 7.71. The van der Waals surface area contributed by atoms with Gasteiger partial charge in [-0.2, -0.15) is 0 Å². The molecule has 0 unspecified atom stereocenters. The number of hydrogen-bond acceptors (Lipinski definition) is 2. The van der Waals surface area contributed by atoms with Crippen molar-refractivity contribution in [1.29, 1.82) is 0 Å². The molecule has 0 spiro atoms. The van der Waals surface area contributed by atoms with Crippen LogP contribution in [-0.4, -0.2) is 37.6 Å². The molecule has 0 aliphatic carbocycles. The average Bonchev–Trinajstić information content (AvgIpc) is 2.33. The van der Waals surface area contributed by atoms with Crippen molar-refractivity contribution in [3.05, 3.63) is 45.4 Å². The van der Waals surface area contributed by atoms with Crippen molar-refractivity contribution in [1.82, 2.24) is 4.90 Å². The van der Waals surface area contributed by atoms with E-state index >= 15 is 0 Å². The Morgan fingerprint density at radius 2 is 2.22 bits per heavy atom. The van der Waals surface area contributed by atoms with Gasteiger partial charge in [-0.1, -0.05) is 22.0 Å². The minimum atomic E-state index is -0.0358. The van der Waals surface area contributed by atoms with Crippen LogP contribution in [0.5, 0.6) is 0 Å². The fourth-order valence-electron chi connectivity index (χ4n) is 1.47. The van der Waals surface area contributed by atoms with E-state index in [2.05, 4.69) is 38.4 Å². The summed E-state index contributed by atoms with van der Waals surface area (Å²) < 4.78 is 6.71. The van der Waals surface area contributed by atoms with E-state index in [1.807, 2.05) is 12.1 Å². The molecule has 0 bridgehead atoms. The Morgan fingerprint density at radius 1 is 1.50 bits per heavy atom. The molecule has 1 aromatic carbocycles. The van der Waals surface area contributed by atoms with Gasteiger partial charge in [0.15, 0.2) is 0 Å². The van der Waals surface area contributed by atoms with Gasteiger partial charge < -0.3 is 9.64 Å². The summed E-state index contributed by atoms with van der Waals surface area (Å²) >= 11 is 6.76. The van der Waals surface area contributed by atoms with Crippen molar-refractivity contribution in [2.24, 2.45) is 0 Å². The Morgan fingerprint density at radius 3 is 2.78 bits per heavy atom. The molecule has 1 amide bonds. The third-order valence-corrected chi connectivity index (χ3v) is 3.51. The molecule has 0 saturated carbocycles. The van der Waals surface area contributed by atoms with Gasteiger partial charge in [0.05, 0.1) is 12.2 Å². The molecule has 0 atom stereocenters. The van der Waals surface area contributed by atoms with Crippen LogP contribution in [0, 0.1) is 0 Å². The summed E-state index contributed by atoms with van der Waals surface area (Å²) in [6, 6.07) is 5.50. The number of ether oxygens (including phenoxy) is 1. The second-order valence-electron chi connectivity index (χ2n) is 3.66. The first-order chi connectivity index (χ1) is 8.60. The Kier molecular flexibility index (Phi) is 6.60. The van der Waals surface area contributed by atoms with Crippen LogP contribution < -0.4 is 0 Å². The standard InChI is InChI=1S/C13H15Br2NO2/c1-3-6-16(7-8-18-2)13(17)11-5-4-10(14)9-12(11)15/h3-5,9H,1,6-8H2,2H3. The van der Waals surface area contributed by atoms with Crippen LogP contribution in [0.4, 0.5) is 0 Å². The predicted octanol–water partition coefficient (Wildman–Crippen LogP) is 3.49. The highest BCUT2D eigenvalue weighted by molar-refractivity contribution is 9.11. The fourth-order valence-corrected chi connectivity index (χ4v) is 2.68. The summed E-state index contributed by atoms with van der Waals surface area (Å²) in [6.45, 7) is 5.23. The molecule has 0 saturated heterocycles. The zero-order valence-corrected chi connectivity index (χ0v) is 13.3. The molecule has 0 aliphatic heterocycles. The number of carbonyl (C=O) groups is 1. The van der Waals surface area contributed by atoms with E-state index in [4.69, 9.17) is 4.74 Å². The van der Waals surface area contributed by atoms with Gasteiger partial charge in [-0.05, 0) is 34.1 Å². The second-order valence-corrected chi connectivity index (χ2v) is 5.43. The smallest absolute Gasteiger partial charge is 0.255 e. The highest BCUT2D eigenvalue weighted by Crippen LogP contribution is 2.23. The lowest BCUT2D eigenvalue weighted by Gasteiger charge is -2.21. The molecule has 1 aromatic rings. The quantitative estimate of drug-likeness (QED) is 0.711. The fraction of sp³-hybridized carbons (Fsp3) is 0.308. The number of hydrogen-bond donors (Lipinski definition) is 0. The van der Waals surface area contributed by atoms with E-state index in [0.717, 1.165) is 8.95 Å². The largest absolute Gasteiger partial charge is 0.383 e. The van der Waals surface area contributed by atoms with Crippen molar-refractivity contribution in [2.75, 3.05) is 26.8 Å². The zero-order valence-electron chi connectivity index (χ0n) is 10.2. The topological polar surface area (TPSA) is 29.5 Å². The van der Waals surface area contributed by atoms with E-state index in [0.29, 0.717) is 25.3 Å². The van der Waals surface area contributed by atoms with Crippen LogP contribution in [0.3, 0.4) is 0 Å². The van der Waals surface area contributed by atoms with Crippen molar-refractivity contribution < 1.29 is 9.53 Å². The summed E-state index contributed by atoms with van der Waals surface area (Å²) in [5.41, 5.74) is 0.635. The van der Waals surface area contributed by atoms with Gasteiger partial charge in [-0.15, -0.1) is 6.58 Å². The van der Waals surface area contributed by atoms with Crippen LogP contribution in [-0.2, 0) is 4.74 Å². The van der Waals surface area contributed by atoms with Crippen LogP contribution in [0.15, 0.2) is 39.8 Å². The van der Waals surface area contributed by atoms with E-state index in [-0.39, 0.29) is 5.91 Å². The Bertz CT molecular complexity index is 435. The molecule has 0 N–H and O–H groups in total. The number of amides is 1. The lowest BCUT2D eigenvalue weighted by atomic mass is 10.2. The van der Waals surface area contributed by atoms with Crippen molar-refractivity contribution >= 4 is 37.8 Å². The lowest BCUT2D eigenvalue weighted by molar-refractivity contribution is 0.0717. The summed E-state index contributed by atoms with van der Waals surface area (Å²) in [4.78, 5) is 14.0. The van der Waals surface area contributed by atoms with Gasteiger partial charge in [0.25, 0.3) is 5.91 Å². The molecule has 3 nitrogen and oxygen atoms in total. The van der Waals surface area contributed by atoms with Gasteiger partial charge in [0, 0.05) is 29.1 Å². The summed E-state index contributed by atoms with van der Waals surface area (Å²) in [5, 5.41) is 0. The minimum Gasteiger partial charge on any atom is -0.383 e. The first-order valence-corrected chi connectivity index (χ1v) is 7.03. The van der Waals surface area contributed by atoms with Crippen LogP contribution >= 0.6 is 31.9 Å². The van der Waals surface area contributed by atoms with Crippen molar-refractivity contribution in [2.45, 2.75) is 0 Å². The van der Waals surface area contributed by atoms with Gasteiger partial charge >= 0.3 is 0 Å². The van der Waals surface area contributed by atoms with Gasteiger partial charge in [0.2, 0.25) is 0 Å². The lowest BCUT2D eigenvalue weighted by Crippen LogP contribution is -2.34. The maximum Gasteiger partial charge on any atom is 0.255 e. The van der Waals surface area contributed by atoms with Crippen LogP contribution in [0.2, 0.25) is 0 Å². The third-order valence-electron chi connectivity index (χ3n) is 2.36. The number of nitrogens with zero attached hydrogens (tertiary/aromatic N) is 1. The molecule has 0 heterocycles. The molecule has 98 valence electrons. The van der Waals surface area contributed by atoms with Gasteiger partial charge in [0.1, 0.15) is 0 Å². The molecule has 0 fully saturated rings. The molecule has 0 aliphatic rings. The summed E-state index contributed by atoms with van der Waals surface area (Å²) in [5.74, 6) is -0.0358. The Hall–Kier alpha value is -0.650. The molecule has 1 rings (SSSR count). The molecule has 0 radical (unpaired) electrons. The zero-order chi connectivity index (χ0) is 13.5. The molecule has 5 heteroatoms. The normalized spacial score (nSPS) is 10.2. The maximum absolute atomic E-state index is 12.4. The van der Waals surface area contributed by atoms with Gasteiger partial charge in [-0.3, -0.25) is 4.79 Å². The summed E-state index contributed by atoms with van der Waals surface area (Å²) in [6.07, 6.45) is 1.71. The van der Waals surface area contributed by atoms with Crippen LogP contribution in [0.25, 0.3) is 0 Å². The Balaban J connectivity index is 2.90. The molecular formula is C13H15Br2NO2. The van der Waals surface area contributed by atoms with E-state index < -0.39 is 0 Å². The van der Waals surface area contributed by atoms with E-state index in [9.17, 15) is 4.79 Å². The number of carbonyl (C=O) groups excluding carboxylic acids is 1. The highest BCUT2D eigenvalue weighted by atomic mass is 79.9. The van der Waals surface area contributed by atoms with E-state index in [1.54, 1.807) is 24.2 Å². The number of methoxy groups -OCH3 is 1. The molecule has 18 heavy (non-hydrogen) atoms. The number of halogens is 2. The predicted molar refractivity (Wildman–Crippen MR) is 79.8 cm³/mol. The van der Waals surface area contributed by atoms with Crippen LogP contribution in [0.1, 0.15) is 10.4 Å². The van der Waals surface area contributed by atoms with Gasteiger partial charge in [-0.25, -0.2) is 0 Å². The highest BCUT2D eigenvalue weighted by Gasteiger charge is 2.17. The van der Waals surface area contributed by atoms with Crippen molar-refractivity contribution in [3.63, 3.8) is 0 Å². The minimum absolute atomic E-state index is 0.0358. The van der Waals surface area contributed by atoms with E-state index in [1.165, 1.54) is 0 Å². The maximum atomic E-state index is 12.4. The number of rotatable bonds is 6. The number of benzene rings is 1. The monoisotopic (exact) mass is 375 g/mol. The first kappa shape index (κ1) is 15.4. The Labute approximate surface area is 124 Å². The van der Waals surface area contributed by atoms with Crippen molar-refractivity contribution in [3.8, 4) is 0 Å². The third kappa shape index (κ3) is 4.23. The molecule has 0 aromatic heterocycles.